The fourth-order valence-corrected chi connectivity index (χ4v) is 1.51. The molecule has 0 heterocycles. The highest BCUT2D eigenvalue weighted by Crippen LogP contribution is 2.07. The molecule has 0 aliphatic heterocycles. The van der Waals surface area contributed by atoms with Gasteiger partial charge in [-0.1, -0.05) is 13.0 Å². The van der Waals surface area contributed by atoms with E-state index in [9.17, 15) is 4.79 Å². The SMILES string of the molecule is CCCNC(=O)c1cccc([125I])c1. The summed E-state index contributed by atoms with van der Waals surface area (Å²) in [6.07, 6.45) is 0.968. The minimum atomic E-state index is 0.0142. The van der Waals surface area contributed by atoms with Gasteiger partial charge in [0.1, 0.15) is 0 Å². The van der Waals surface area contributed by atoms with Crippen LogP contribution in [0.4, 0.5) is 0 Å². The van der Waals surface area contributed by atoms with Crippen LogP contribution in [0.25, 0.3) is 0 Å². The number of halogens is 1. The Bertz CT molecular complexity index is 299. The quantitative estimate of drug-likeness (QED) is 0.850. The van der Waals surface area contributed by atoms with Crippen LogP contribution >= 0.6 is 22.6 Å². The van der Waals surface area contributed by atoms with Crippen molar-refractivity contribution in [1.82, 2.24) is 5.32 Å². The molecule has 1 aromatic carbocycles. The lowest BCUT2D eigenvalue weighted by atomic mass is 10.2. The normalized spacial score (nSPS) is 9.69. The first-order valence-corrected chi connectivity index (χ1v) is 5.35. The van der Waals surface area contributed by atoms with Crippen molar-refractivity contribution in [3.8, 4) is 0 Å². The van der Waals surface area contributed by atoms with Gasteiger partial charge in [-0.05, 0) is 47.2 Å². The monoisotopic (exact) mass is 287 g/mol. The molecule has 13 heavy (non-hydrogen) atoms. The van der Waals surface area contributed by atoms with Crippen molar-refractivity contribution in [3.63, 3.8) is 0 Å². The summed E-state index contributed by atoms with van der Waals surface area (Å²) in [5.41, 5.74) is 0.736. The second-order valence-corrected chi connectivity index (χ2v) is 4.01. The first-order valence-electron chi connectivity index (χ1n) is 4.28. The Morgan fingerprint density at radius 1 is 1.54 bits per heavy atom. The number of benzene rings is 1. The van der Waals surface area contributed by atoms with E-state index in [1.807, 2.05) is 31.2 Å². The maximum Gasteiger partial charge on any atom is 0.251 e. The highest BCUT2D eigenvalue weighted by molar-refractivity contribution is 14.1. The van der Waals surface area contributed by atoms with Gasteiger partial charge < -0.3 is 5.32 Å². The Hall–Kier alpha value is -0.580. The molecule has 0 saturated carbocycles. The van der Waals surface area contributed by atoms with Gasteiger partial charge in [0, 0.05) is 15.7 Å². The van der Waals surface area contributed by atoms with E-state index < -0.39 is 0 Å². The van der Waals surface area contributed by atoms with Gasteiger partial charge in [-0.15, -0.1) is 0 Å². The van der Waals surface area contributed by atoms with Crippen LogP contribution in [0, 0.1) is 3.57 Å². The molecule has 1 N–H and O–H groups in total. The van der Waals surface area contributed by atoms with Gasteiger partial charge in [0.15, 0.2) is 0 Å². The van der Waals surface area contributed by atoms with Crippen LogP contribution in [0.2, 0.25) is 0 Å². The van der Waals surface area contributed by atoms with Crippen LogP contribution in [0.1, 0.15) is 23.7 Å². The number of carbonyl (C=O) groups is 1. The molecule has 0 aliphatic rings. The maximum absolute atomic E-state index is 11.4. The molecule has 0 aromatic heterocycles. The highest BCUT2D eigenvalue weighted by Gasteiger charge is 2.03. The lowest BCUT2D eigenvalue weighted by molar-refractivity contribution is 0.0953. The molecule has 3 heteroatoms. The Morgan fingerprint density at radius 3 is 2.92 bits per heavy atom. The summed E-state index contributed by atoms with van der Waals surface area (Å²) in [6.45, 7) is 2.78. The molecule has 1 aromatic rings. The zero-order valence-corrected chi connectivity index (χ0v) is 9.67. The first-order chi connectivity index (χ1) is 6.24. The summed E-state index contributed by atoms with van der Waals surface area (Å²) in [5.74, 6) is 0.0142. The summed E-state index contributed by atoms with van der Waals surface area (Å²) in [5, 5.41) is 2.83. The number of rotatable bonds is 3. The Morgan fingerprint density at radius 2 is 2.31 bits per heavy atom. The second kappa shape index (κ2) is 5.21. The number of amides is 1. The van der Waals surface area contributed by atoms with Crippen molar-refractivity contribution in [3.05, 3.63) is 33.4 Å². The molecule has 0 bridgehead atoms. The maximum atomic E-state index is 11.4. The van der Waals surface area contributed by atoms with Crippen molar-refractivity contribution in [2.75, 3.05) is 6.54 Å². The van der Waals surface area contributed by atoms with Gasteiger partial charge in [0.25, 0.3) is 5.91 Å². The van der Waals surface area contributed by atoms with E-state index >= 15 is 0 Å². The average molecular weight is 287 g/mol. The predicted molar refractivity (Wildman–Crippen MR) is 61.8 cm³/mol. The summed E-state index contributed by atoms with van der Waals surface area (Å²) in [4.78, 5) is 11.4. The van der Waals surface area contributed by atoms with E-state index in [1.54, 1.807) is 0 Å². The number of hydrogen-bond acceptors (Lipinski definition) is 1. The lowest BCUT2D eigenvalue weighted by Gasteiger charge is -2.02. The van der Waals surface area contributed by atoms with Gasteiger partial charge >= 0.3 is 0 Å². The van der Waals surface area contributed by atoms with Crippen LogP contribution in [-0.2, 0) is 0 Å². The van der Waals surface area contributed by atoms with Gasteiger partial charge in [-0.2, -0.15) is 0 Å². The Labute approximate surface area is 91.9 Å². The van der Waals surface area contributed by atoms with E-state index in [1.165, 1.54) is 0 Å². The zero-order chi connectivity index (χ0) is 9.68. The summed E-state index contributed by atoms with van der Waals surface area (Å²) < 4.78 is 1.08. The Balaban J connectivity index is 2.66. The average Bonchev–Trinajstić information content (AvgIpc) is 2.14. The first kappa shape index (κ1) is 10.5. The van der Waals surface area contributed by atoms with Crippen molar-refractivity contribution in [2.45, 2.75) is 13.3 Å². The van der Waals surface area contributed by atoms with E-state index in [-0.39, 0.29) is 5.91 Å². The molecular formula is C10H12INO. The summed E-state index contributed by atoms with van der Waals surface area (Å²) >= 11 is 2.20. The summed E-state index contributed by atoms with van der Waals surface area (Å²) in [6, 6.07) is 7.57. The van der Waals surface area contributed by atoms with Crippen molar-refractivity contribution < 1.29 is 4.79 Å². The van der Waals surface area contributed by atoms with Crippen LogP contribution in [-0.4, -0.2) is 12.5 Å². The number of carbonyl (C=O) groups excluding carboxylic acids is 1. The van der Waals surface area contributed by atoms with E-state index in [2.05, 4.69) is 27.9 Å². The third-order valence-electron chi connectivity index (χ3n) is 1.62. The van der Waals surface area contributed by atoms with Crippen LogP contribution in [0.5, 0.6) is 0 Å². The molecule has 1 amide bonds. The second-order valence-electron chi connectivity index (χ2n) is 2.77. The molecule has 2 nitrogen and oxygen atoms in total. The minimum absolute atomic E-state index is 0.0142. The topological polar surface area (TPSA) is 29.1 Å². The lowest BCUT2D eigenvalue weighted by Crippen LogP contribution is -2.23. The molecule has 1 rings (SSSR count). The molecule has 70 valence electrons. The van der Waals surface area contributed by atoms with Crippen LogP contribution in [0.15, 0.2) is 24.3 Å². The van der Waals surface area contributed by atoms with Crippen molar-refractivity contribution >= 4 is 28.5 Å². The molecule has 0 radical (unpaired) electrons. The van der Waals surface area contributed by atoms with Gasteiger partial charge in [-0.3, -0.25) is 4.79 Å². The Kier molecular flexibility index (Phi) is 4.21. The van der Waals surface area contributed by atoms with Gasteiger partial charge in [0.05, 0.1) is 0 Å². The van der Waals surface area contributed by atoms with Crippen LogP contribution in [0.3, 0.4) is 0 Å². The number of hydrogen-bond donors (Lipinski definition) is 1. The highest BCUT2D eigenvalue weighted by atomic mass is 125. The minimum Gasteiger partial charge on any atom is -0.352 e. The van der Waals surface area contributed by atoms with Crippen molar-refractivity contribution in [1.29, 1.82) is 0 Å². The smallest absolute Gasteiger partial charge is 0.251 e. The fourth-order valence-electron chi connectivity index (χ4n) is 0.970. The largest absolute Gasteiger partial charge is 0.352 e. The van der Waals surface area contributed by atoms with E-state index in [4.69, 9.17) is 0 Å². The molecule has 0 atom stereocenters. The van der Waals surface area contributed by atoms with E-state index in [0.717, 1.165) is 22.1 Å². The van der Waals surface area contributed by atoms with Gasteiger partial charge in [-0.25, -0.2) is 0 Å². The molecular weight excluding hydrogens is 275 g/mol. The third-order valence-corrected chi connectivity index (χ3v) is 2.29. The van der Waals surface area contributed by atoms with Crippen molar-refractivity contribution in [2.24, 2.45) is 0 Å². The molecule has 0 aliphatic carbocycles. The molecule has 0 spiro atoms. The zero-order valence-electron chi connectivity index (χ0n) is 7.51. The molecule has 0 saturated heterocycles. The molecule has 0 fully saturated rings. The number of nitrogens with one attached hydrogen (secondary N) is 1. The van der Waals surface area contributed by atoms with Crippen LogP contribution < -0.4 is 5.32 Å². The summed E-state index contributed by atoms with van der Waals surface area (Å²) in [7, 11) is 0. The molecule has 0 unspecified atom stereocenters. The fraction of sp³-hybridized carbons (Fsp3) is 0.300. The van der Waals surface area contributed by atoms with E-state index in [0.29, 0.717) is 0 Å². The predicted octanol–water partition coefficient (Wildman–Crippen LogP) is 2.43. The third kappa shape index (κ3) is 3.34. The van der Waals surface area contributed by atoms with Gasteiger partial charge in [0.2, 0.25) is 0 Å². The standard InChI is InChI=1S/C10H12INO/c1-2-6-12-10(13)8-4-3-5-9(11)7-8/h3-5,7H,2,6H2,1H3,(H,12,13)/i11-2.